The van der Waals surface area contributed by atoms with Gasteiger partial charge in [0, 0.05) is 11.6 Å². The molecule has 0 radical (unpaired) electrons. The van der Waals surface area contributed by atoms with E-state index in [0.717, 1.165) is 12.1 Å². The van der Waals surface area contributed by atoms with Crippen LogP contribution in [0.4, 0.5) is 36.4 Å². The highest BCUT2D eigenvalue weighted by Crippen LogP contribution is 2.30. The number of alkyl halides is 3. The summed E-state index contributed by atoms with van der Waals surface area (Å²) in [5.74, 6) is -8.23. The second-order valence-corrected chi connectivity index (χ2v) is 8.64. The van der Waals surface area contributed by atoms with E-state index in [-0.39, 0.29) is 18.2 Å². The van der Waals surface area contributed by atoms with Crippen LogP contribution < -0.4 is 10.1 Å². The van der Waals surface area contributed by atoms with Crippen LogP contribution in [0, 0.1) is 37.1 Å². The summed E-state index contributed by atoms with van der Waals surface area (Å²) in [4.78, 5) is 12.8. The van der Waals surface area contributed by atoms with Crippen molar-refractivity contribution < 1.29 is 40.3 Å². The molecule has 1 heterocycles. The van der Waals surface area contributed by atoms with Crippen LogP contribution in [0.1, 0.15) is 38.4 Å². The number of halogens is 7. The summed E-state index contributed by atoms with van der Waals surface area (Å²) in [5.41, 5.74) is 1.53. The van der Waals surface area contributed by atoms with Gasteiger partial charge >= 0.3 is 6.18 Å². The zero-order valence-corrected chi connectivity index (χ0v) is 20.5. The number of hydrogen-bond acceptors (Lipinski definition) is 3. The average Bonchev–Trinajstić information content (AvgIpc) is 3.14. The number of benzene rings is 3. The molecule has 204 valence electrons. The predicted octanol–water partition coefficient (Wildman–Crippen LogP) is 6.95. The van der Waals surface area contributed by atoms with Gasteiger partial charge in [0.2, 0.25) is 11.6 Å². The van der Waals surface area contributed by atoms with Crippen LogP contribution >= 0.6 is 0 Å². The molecule has 4 aromatic rings. The first-order valence-corrected chi connectivity index (χ1v) is 11.4. The lowest BCUT2D eigenvalue weighted by Gasteiger charge is -2.11. The second kappa shape index (κ2) is 10.8. The molecule has 0 aliphatic heterocycles. The maximum Gasteiger partial charge on any atom is 0.416 e. The van der Waals surface area contributed by atoms with E-state index >= 15 is 0 Å². The van der Waals surface area contributed by atoms with Gasteiger partial charge in [-0.25, -0.2) is 8.78 Å². The van der Waals surface area contributed by atoms with Gasteiger partial charge in [-0.1, -0.05) is 24.3 Å². The monoisotopic (exact) mass is 551 g/mol. The number of amides is 1. The van der Waals surface area contributed by atoms with E-state index in [4.69, 9.17) is 4.74 Å². The second-order valence-electron chi connectivity index (χ2n) is 8.64. The van der Waals surface area contributed by atoms with Crippen molar-refractivity contribution in [2.75, 3.05) is 5.32 Å². The van der Waals surface area contributed by atoms with Gasteiger partial charge in [-0.2, -0.15) is 27.1 Å². The molecule has 0 aliphatic rings. The topological polar surface area (TPSA) is 56.2 Å². The summed E-state index contributed by atoms with van der Waals surface area (Å²) in [6.07, 6.45) is -4.48. The molecule has 12 heteroatoms. The molecule has 3 aromatic carbocycles. The Balaban J connectivity index is 1.44. The lowest BCUT2D eigenvalue weighted by Crippen LogP contribution is -2.13. The molecular weight excluding hydrogens is 531 g/mol. The Hall–Kier alpha value is -4.35. The lowest BCUT2D eigenvalue weighted by molar-refractivity contribution is -0.137. The van der Waals surface area contributed by atoms with E-state index in [0.29, 0.717) is 28.2 Å². The van der Waals surface area contributed by atoms with Gasteiger partial charge in [-0.05, 0) is 49.2 Å². The van der Waals surface area contributed by atoms with E-state index in [1.165, 1.54) is 35.0 Å². The molecule has 5 nitrogen and oxygen atoms in total. The zero-order valence-electron chi connectivity index (χ0n) is 20.5. The summed E-state index contributed by atoms with van der Waals surface area (Å²) in [6.45, 7) is 2.92. The number of nitrogens with zero attached hydrogens (tertiary/aromatic N) is 2. The van der Waals surface area contributed by atoms with Crippen molar-refractivity contribution in [1.82, 2.24) is 9.78 Å². The minimum absolute atomic E-state index is 0.0531. The van der Waals surface area contributed by atoms with Crippen LogP contribution in [0.5, 0.6) is 5.75 Å². The summed E-state index contributed by atoms with van der Waals surface area (Å²) >= 11 is 0. The minimum atomic E-state index is -4.48. The maximum atomic E-state index is 13.8. The molecule has 39 heavy (non-hydrogen) atoms. The molecule has 0 unspecified atom stereocenters. The summed E-state index contributed by atoms with van der Waals surface area (Å²) in [6, 6.07) is 10.6. The first-order chi connectivity index (χ1) is 18.3. The van der Waals surface area contributed by atoms with Gasteiger partial charge < -0.3 is 10.1 Å². The van der Waals surface area contributed by atoms with Crippen molar-refractivity contribution in [3.8, 4) is 5.75 Å². The molecule has 0 bridgehead atoms. The Morgan fingerprint density at radius 1 is 0.923 bits per heavy atom. The molecule has 1 amide bonds. The standard InChI is InChI=1S/C27H20F7N3O2/c1-14-24(15(2)37(36-14)12-17-4-3-5-19(10-17)27(32,33)34)35-26(38)18-8-6-16(7-9-18)13-39-25-22(30)20(28)11-21(29)23(25)31/h3-11H,12-13H2,1-2H3,(H,35,38). The molecule has 0 spiro atoms. The van der Waals surface area contributed by atoms with Gasteiger partial charge in [0.1, 0.15) is 6.61 Å². The highest BCUT2D eigenvalue weighted by atomic mass is 19.4. The van der Waals surface area contributed by atoms with E-state index < -0.39 is 53.3 Å². The van der Waals surface area contributed by atoms with Crippen LogP contribution in [0.15, 0.2) is 54.6 Å². The fourth-order valence-corrected chi connectivity index (χ4v) is 3.82. The Morgan fingerprint density at radius 3 is 2.18 bits per heavy atom. The Labute approximate surface area is 217 Å². The van der Waals surface area contributed by atoms with Gasteiger partial charge in [-0.15, -0.1) is 0 Å². The number of anilines is 1. The molecule has 0 atom stereocenters. The fraction of sp³-hybridized carbons (Fsp3) is 0.185. The average molecular weight is 551 g/mol. The molecule has 4 rings (SSSR count). The number of rotatable bonds is 7. The van der Waals surface area contributed by atoms with Crippen LogP contribution in [0.2, 0.25) is 0 Å². The third-order valence-corrected chi connectivity index (χ3v) is 5.88. The van der Waals surface area contributed by atoms with Crippen molar-refractivity contribution in [3.63, 3.8) is 0 Å². The third kappa shape index (κ3) is 6.05. The number of carbonyl (C=O) groups is 1. The van der Waals surface area contributed by atoms with Crippen LogP contribution in [0.25, 0.3) is 0 Å². The molecule has 1 aromatic heterocycles. The highest BCUT2D eigenvalue weighted by Gasteiger charge is 2.30. The predicted molar refractivity (Wildman–Crippen MR) is 127 cm³/mol. The number of aryl methyl sites for hydroxylation is 1. The van der Waals surface area contributed by atoms with Gasteiger partial charge in [0.05, 0.1) is 29.2 Å². The van der Waals surface area contributed by atoms with E-state index in [1.807, 2.05) is 0 Å². The molecule has 0 saturated heterocycles. The normalized spacial score (nSPS) is 11.5. The molecular formula is C27H20F7N3O2. The van der Waals surface area contributed by atoms with Crippen molar-refractivity contribution in [1.29, 1.82) is 0 Å². The Morgan fingerprint density at radius 2 is 1.56 bits per heavy atom. The van der Waals surface area contributed by atoms with Crippen LogP contribution in [-0.2, 0) is 19.3 Å². The third-order valence-electron chi connectivity index (χ3n) is 5.88. The quantitative estimate of drug-likeness (QED) is 0.200. The van der Waals surface area contributed by atoms with Crippen molar-refractivity contribution >= 4 is 11.6 Å². The SMILES string of the molecule is Cc1nn(Cc2cccc(C(F)(F)F)c2)c(C)c1NC(=O)c1ccc(COc2c(F)c(F)cc(F)c2F)cc1. The Kier molecular flexibility index (Phi) is 7.66. The number of aromatic nitrogens is 2. The van der Waals surface area contributed by atoms with Gasteiger partial charge in [0.15, 0.2) is 17.4 Å². The van der Waals surface area contributed by atoms with Gasteiger partial charge in [0.25, 0.3) is 5.91 Å². The minimum Gasteiger partial charge on any atom is -0.483 e. The number of hydrogen-bond donors (Lipinski definition) is 1. The van der Waals surface area contributed by atoms with Gasteiger partial charge in [-0.3, -0.25) is 9.48 Å². The molecule has 0 fully saturated rings. The number of nitrogens with one attached hydrogen (secondary N) is 1. The van der Waals surface area contributed by atoms with Crippen LogP contribution in [0.3, 0.4) is 0 Å². The van der Waals surface area contributed by atoms with E-state index in [1.54, 1.807) is 19.9 Å². The summed E-state index contributed by atoms with van der Waals surface area (Å²) in [5, 5.41) is 7.05. The number of ether oxygens (including phenoxy) is 1. The summed E-state index contributed by atoms with van der Waals surface area (Å²) in [7, 11) is 0. The van der Waals surface area contributed by atoms with E-state index in [9.17, 15) is 35.5 Å². The van der Waals surface area contributed by atoms with Crippen molar-refractivity contribution in [3.05, 3.63) is 112 Å². The smallest absolute Gasteiger partial charge is 0.416 e. The fourth-order valence-electron chi connectivity index (χ4n) is 3.82. The lowest BCUT2D eigenvalue weighted by atomic mass is 10.1. The Bertz CT molecular complexity index is 1500. The number of carbonyl (C=O) groups excluding carboxylic acids is 1. The molecule has 1 N–H and O–H groups in total. The largest absolute Gasteiger partial charge is 0.483 e. The van der Waals surface area contributed by atoms with E-state index in [2.05, 4.69) is 10.4 Å². The maximum absolute atomic E-state index is 13.8. The first-order valence-electron chi connectivity index (χ1n) is 11.4. The zero-order chi connectivity index (χ0) is 28.5. The highest BCUT2D eigenvalue weighted by molar-refractivity contribution is 6.04. The molecule has 0 saturated carbocycles. The van der Waals surface area contributed by atoms with Crippen molar-refractivity contribution in [2.45, 2.75) is 33.2 Å². The molecule has 0 aliphatic carbocycles. The first kappa shape index (κ1) is 27.7. The summed E-state index contributed by atoms with van der Waals surface area (Å²) < 4.78 is 99.7. The van der Waals surface area contributed by atoms with Crippen LogP contribution in [-0.4, -0.2) is 15.7 Å². The van der Waals surface area contributed by atoms with Crippen molar-refractivity contribution in [2.24, 2.45) is 0 Å².